The minimum absolute atomic E-state index is 0. The minimum atomic E-state index is -0.242. The van der Waals surface area contributed by atoms with Crippen molar-refractivity contribution in [3.63, 3.8) is 0 Å². The van der Waals surface area contributed by atoms with Gasteiger partial charge < -0.3 is 15.0 Å². The second kappa shape index (κ2) is 7.10. The molecule has 3 rings (SSSR count). The molecule has 2 saturated carbocycles. The van der Waals surface area contributed by atoms with E-state index < -0.39 is 0 Å². The number of hydrogen-bond donors (Lipinski definition) is 1. The van der Waals surface area contributed by atoms with Crippen LogP contribution in [0.25, 0.3) is 0 Å². The maximum absolute atomic E-state index is 12.7. The van der Waals surface area contributed by atoms with Gasteiger partial charge in [-0.15, -0.1) is 12.4 Å². The summed E-state index contributed by atoms with van der Waals surface area (Å²) in [5.74, 6) is 1.08. The zero-order valence-corrected chi connectivity index (χ0v) is 13.2. The maximum atomic E-state index is 12.7. The summed E-state index contributed by atoms with van der Waals surface area (Å²) in [6.45, 7) is 4.55. The standard InChI is InChI=1S/C15H26N2O2.ClH/c1-11-2-4-12(5-3-11)17(13-6-7-13)15(18)14-10-16-8-9-19-14;/h11-14,16H,2-10H2,1H3;1H. The molecule has 1 N–H and O–H groups in total. The predicted molar refractivity (Wildman–Crippen MR) is 81.1 cm³/mol. The van der Waals surface area contributed by atoms with Crippen LogP contribution in [-0.2, 0) is 9.53 Å². The number of halogens is 1. The summed E-state index contributed by atoms with van der Waals surface area (Å²) in [6, 6.07) is 0.984. The third-order valence-electron chi connectivity index (χ3n) is 4.78. The quantitative estimate of drug-likeness (QED) is 0.866. The molecular formula is C15H27ClN2O2. The summed E-state index contributed by atoms with van der Waals surface area (Å²) in [6.07, 6.45) is 7.05. The first kappa shape index (κ1) is 16.1. The minimum Gasteiger partial charge on any atom is -0.366 e. The van der Waals surface area contributed by atoms with Crippen molar-refractivity contribution in [1.82, 2.24) is 10.2 Å². The smallest absolute Gasteiger partial charge is 0.253 e. The van der Waals surface area contributed by atoms with Crippen LogP contribution >= 0.6 is 12.4 Å². The Labute approximate surface area is 128 Å². The molecule has 116 valence electrons. The van der Waals surface area contributed by atoms with E-state index in [9.17, 15) is 4.79 Å². The van der Waals surface area contributed by atoms with E-state index in [-0.39, 0.29) is 24.4 Å². The molecule has 0 aromatic heterocycles. The van der Waals surface area contributed by atoms with Gasteiger partial charge in [-0.1, -0.05) is 6.92 Å². The van der Waals surface area contributed by atoms with Crippen molar-refractivity contribution >= 4 is 18.3 Å². The molecule has 1 heterocycles. The van der Waals surface area contributed by atoms with Crippen molar-refractivity contribution in [2.45, 2.75) is 63.6 Å². The molecule has 1 atom stereocenters. The normalized spacial score (nSPS) is 34.1. The van der Waals surface area contributed by atoms with Gasteiger partial charge in [0, 0.05) is 25.2 Å². The number of rotatable bonds is 3. The molecular weight excluding hydrogens is 276 g/mol. The highest BCUT2D eigenvalue weighted by Crippen LogP contribution is 2.35. The van der Waals surface area contributed by atoms with Crippen molar-refractivity contribution in [1.29, 1.82) is 0 Å². The average molecular weight is 303 g/mol. The van der Waals surface area contributed by atoms with E-state index in [4.69, 9.17) is 4.74 Å². The number of nitrogens with zero attached hydrogens (tertiary/aromatic N) is 1. The molecule has 1 amide bonds. The fourth-order valence-corrected chi connectivity index (χ4v) is 3.42. The highest BCUT2D eigenvalue weighted by molar-refractivity contribution is 5.85. The van der Waals surface area contributed by atoms with Crippen LogP contribution in [0.15, 0.2) is 0 Å². The van der Waals surface area contributed by atoms with Crippen LogP contribution in [0.1, 0.15) is 45.4 Å². The molecule has 0 aromatic rings. The van der Waals surface area contributed by atoms with Crippen LogP contribution in [0.2, 0.25) is 0 Å². The van der Waals surface area contributed by atoms with E-state index in [0.29, 0.717) is 25.2 Å². The van der Waals surface area contributed by atoms with Gasteiger partial charge in [0.05, 0.1) is 6.61 Å². The molecule has 3 fully saturated rings. The van der Waals surface area contributed by atoms with Crippen LogP contribution in [0.4, 0.5) is 0 Å². The van der Waals surface area contributed by atoms with E-state index in [1.54, 1.807) is 0 Å². The zero-order chi connectivity index (χ0) is 13.2. The number of morpholine rings is 1. The molecule has 4 nitrogen and oxygen atoms in total. The van der Waals surface area contributed by atoms with Crippen molar-refractivity contribution in [2.24, 2.45) is 5.92 Å². The van der Waals surface area contributed by atoms with Crippen LogP contribution in [0, 0.1) is 5.92 Å². The lowest BCUT2D eigenvalue weighted by molar-refractivity contribution is -0.149. The third kappa shape index (κ3) is 3.66. The van der Waals surface area contributed by atoms with E-state index in [1.807, 2.05) is 0 Å². The molecule has 1 unspecified atom stereocenters. The largest absolute Gasteiger partial charge is 0.366 e. The van der Waals surface area contributed by atoms with Gasteiger partial charge in [-0.05, 0) is 44.4 Å². The molecule has 0 aromatic carbocycles. The number of hydrogen-bond acceptors (Lipinski definition) is 3. The monoisotopic (exact) mass is 302 g/mol. The second-order valence-electron chi connectivity index (χ2n) is 6.45. The van der Waals surface area contributed by atoms with Crippen LogP contribution in [0.3, 0.4) is 0 Å². The van der Waals surface area contributed by atoms with Crippen molar-refractivity contribution < 1.29 is 9.53 Å². The topological polar surface area (TPSA) is 41.6 Å². The highest BCUT2D eigenvalue weighted by Gasteiger charge is 2.41. The SMILES string of the molecule is CC1CCC(N(C(=O)C2CNCCO2)C2CC2)CC1.Cl. The fraction of sp³-hybridized carbons (Fsp3) is 0.933. The molecule has 1 saturated heterocycles. The van der Waals surface area contributed by atoms with Gasteiger partial charge in [-0.2, -0.15) is 0 Å². The van der Waals surface area contributed by atoms with Gasteiger partial charge in [0.1, 0.15) is 6.10 Å². The molecule has 5 heteroatoms. The highest BCUT2D eigenvalue weighted by atomic mass is 35.5. The van der Waals surface area contributed by atoms with E-state index >= 15 is 0 Å². The number of nitrogens with one attached hydrogen (secondary N) is 1. The molecule has 0 radical (unpaired) electrons. The number of ether oxygens (including phenoxy) is 1. The number of carbonyl (C=O) groups is 1. The Kier molecular flexibility index (Phi) is 5.70. The molecule has 1 aliphatic heterocycles. The number of carbonyl (C=O) groups excluding carboxylic acids is 1. The van der Waals surface area contributed by atoms with Crippen LogP contribution in [0.5, 0.6) is 0 Å². The van der Waals surface area contributed by atoms with Gasteiger partial charge in [0.15, 0.2) is 0 Å². The van der Waals surface area contributed by atoms with Crippen molar-refractivity contribution in [3.8, 4) is 0 Å². The molecule has 0 bridgehead atoms. The molecule has 20 heavy (non-hydrogen) atoms. The average Bonchev–Trinajstić information content (AvgIpc) is 3.27. The van der Waals surface area contributed by atoms with E-state index in [0.717, 1.165) is 12.5 Å². The van der Waals surface area contributed by atoms with Gasteiger partial charge in [-0.25, -0.2) is 0 Å². The number of amides is 1. The van der Waals surface area contributed by atoms with E-state index in [2.05, 4.69) is 17.1 Å². The zero-order valence-electron chi connectivity index (χ0n) is 12.3. The lowest BCUT2D eigenvalue weighted by Gasteiger charge is -2.39. The first-order valence-electron chi connectivity index (χ1n) is 7.90. The van der Waals surface area contributed by atoms with Crippen LogP contribution in [-0.4, -0.2) is 48.7 Å². The lowest BCUT2D eigenvalue weighted by Crippen LogP contribution is -2.53. The Morgan fingerprint density at radius 3 is 2.20 bits per heavy atom. The van der Waals surface area contributed by atoms with Crippen molar-refractivity contribution in [3.05, 3.63) is 0 Å². The van der Waals surface area contributed by atoms with E-state index in [1.165, 1.54) is 38.5 Å². The summed E-state index contributed by atoms with van der Waals surface area (Å²) in [5.41, 5.74) is 0. The molecule has 3 aliphatic rings. The molecule has 0 spiro atoms. The summed E-state index contributed by atoms with van der Waals surface area (Å²) in [4.78, 5) is 14.9. The molecule has 2 aliphatic carbocycles. The Bertz CT molecular complexity index is 322. The first-order valence-corrected chi connectivity index (χ1v) is 7.90. The first-order chi connectivity index (χ1) is 9.25. The van der Waals surface area contributed by atoms with Crippen LogP contribution < -0.4 is 5.32 Å². The summed E-state index contributed by atoms with van der Waals surface area (Å²) in [5, 5.41) is 3.27. The van der Waals surface area contributed by atoms with Gasteiger partial charge >= 0.3 is 0 Å². The Hall–Kier alpha value is -0.320. The maximum Gasteiger partial charge on any atom is 0.253 e. The summed E-state index contributed by atoms with van der Waals surface area (Å²) < 4.78 is 5.66. The third-order valence-corrected chi connectivity index (χ3v) is 4.78. The summed E-state index contributed by atoms with van der Waals surface area (Å²) in [7, 11) is 0. The lowest BCUT2D eigenvalue weighted by atomic mass is 9.86. The van der Waals surface area contributed by atoms with Gasteiger partial charge in [-0.3, -0.25) is 4.79 Å². The predicted octanol–water partition coefficient (Wildman–Crippen LogP) is 1.97. The van der Waals surface area contributed by atoms with Crippen molar-refractivity contribution in [2.75, 3.05) is 19.7 Å². The Balaban J connectivity index is 0.00000147. The van der Waals surface area contributed by atoms with Gasteiger partial charge in [0.25, 0.3) is 5.91 Å². The Morgan fingerprint density at radius 2 is 1.70 bits per heavy atom. The summed E-state index contributed by atoms with van der Waals surface area (Å²) >= 11 is 0. The fourth-order valence-electron chi connectivity index (χ4n) is 3.42. The second-order valence-corrected chi connectivity index (χ2v) is 6.45. The van der Waals surface area contributed by atoms with Gasteiger partial charge in [0.2, 0.25) is 0 Å². The Morgan fingerprint density at radius 1 is 1.10 bits per heavy atom.